The lowest BCUT2D eigenvalue weighted by atomic mass is 9.95. The van der Waals surface area contributed by atoms with Crippen LogP contribution in [0.4, 0.5) is 0 Å². The van der Waals surface area contributed by atoms with Crippen molar-refractivity contribution in [1.82, 2.24) is 16.0 Å². The Kier molecular flexibility index (Phi) is 10.9. The summed E-state index contributed by atoms with van der Waals surface area (Å²) < 4.78 is 12.1. The lowest BCUT2D eigenvalue weighted by Gasteiger charge is -2.30. The first-order chi connectivity index (χ1) is 12.6. The zero-order chi connectivity index (χ0) is 18.9. The molecule has 1 aromatic carbocycles. The number of hydrogen-bond donors (Lipinski definition) is 3. The molecule has 6 nitrogen and oxygen atoms in total. The monoisotopic (exact) mass is 506 g/mol. The molecule has 8 heteroatoms. The number of amides is 1. The van der Waals surface area contributed by atoms with Gasteiger partial charge in [-0.15, -0.1) is 24.0 Å². The Bertz CT molecular complexity index is 652. The number of aliphatic imine (C=N–C) groups is 1. The third-order valence-electron chi connectivity index (χ3n) is 4.75. The van der Waals surface area contributed by atoms with E-state index in [-0.39, 0.29) is 29.9 Å². The van der Waals surface area contributed by atoms with Gasteiger partial charge in [0.1, 0.15) is 0 Å². The molecule has 2 rings (SSSR count). The van der Waals surface area contributed by atoms with Crippen molar-refractivity contribution < 1.29 is 9.00 Å². The first-order valence-electron chi connectivity index (χ1n) is 9.22. The Balaban J connectivity index is 0.00000364. The van der Waals surface area contributed by atoms with E-state index in [1.165, 1.54) is 0 Å². The second-order valence-corrected chi connectivity index (χ2v) is 8.51. The number of nitrogens with one attached hydrogen (secondary N) is 3. The third-order valence-corrected chi connectivity index (χ3v) is 6.49. The first kappa shape index (κ1) is 23.9. The van der Waals surface area contributed by atoms with Crippen molar-refractivity contribution in [1.29, 1.82) is 0 Å². The molecule has 0 heterocycles. The van der Waals surface area contributed by atoms with Crippen LogP contribution in [-0.4, -0.2) is 47.2 Å². The molecule has 1 fully saturated rings. The highest BCUT2D eigenvalue weighted by Gasteiger charge is 2.25. The van der Waals surface area contributed by atoms with E-state index in [9.17, 15) is 9.00 Å². The lowest BCUT2D eigenvalue weighted by Crippen LogP contribution is -2.46. The third kappa shape index (κ3) is 7.40. The van der Waals surface area contributed by atoms with Crippen LogP contribution in [0.3, 0.4) is 0 Å². The summed E-state index contributed by atoms with van der Waals surface area (Å²) in [6.45, 7) is 2.62. The van der Waals surface area contributed by atoms with Crippen LogP contribution in [0.2, 0.25) is 0 Å². The smallest absolute Gasteiger partial charge is 0.251 e. The van der Waals surface area contributed by atoms with Crippen molar-refractivity contribution in [3.8, 4) is 0 Å². The van der Waals surface area contributed by atoms with Crippen molar-refractivity contribution in [3.63, 3.8) is 0 Å². The van der Waals surface area contributed by atoms with E-state index in [0.717, 1.165) is 43.0 Å². The summed E-state index contributed by atoms with van der Waals surface area (Å²) in [5, 5.41) is 9.69. The largest absolute Gasteiger partial charge is 0.355 e. The molecule has 3 unspecified atom stereocenters. The van der Waals surface area contributed by atoms with Crippen LogP contribution < -0.4 is 16.0 Å². The van der Waals surface area contributed by atoms with Gasteiger partial charge in [0.25, 0.3) is 5.91 Å². The molecule has 3 atom stereocenters. The van der Waals surface area contributed by atoms with Crippen LogP contribution in [-0.2, 0) is 17.3 Å². The summed E-state index contributed by atoms with van der Waals surface area (Å²) in [7, 11) is 2.66. The number of guanidine groups is 1. The van der Waals surface area contributed by atoms with Crippen molar-refractivity contribution >= 4 is 46.6 Å². The van der Waals surface area contributed by atoms with Crippen LogP contribution in [0, 0.1) is 0 Å². The van der Waals surface area contributed by atoms with Crippen molar-refractivity contribution in [3.05, 3.63) is 35.4 Å². The maximum Gasteiger partial charge on any atom is 0.251 e. The van der Waals surface area contributed by atoms with Crippen LogP contribution >= 0.6 is 24.0 Å². The molecule has 152 valence electrons. The molecule has 1 aromatic rings. The van der Waals surface area contributed by atoms with Gasteiger partial charge >= 0.3 is 0 Å². The average Bonchev–Trinajstić information content (AvgIpc) is 2.70. The lowest BCUT2D eigenvalue weighted by molar-refractivity contribution is 0.0963. The predicted octanol–water partition coefficient (Wildman–Crippen LogP) is 2.41. The van der Waals surface area contributed by atoms with Gasteiger partial charge in [-0.25, -0.2) is 0 Å². The fourth-order valence-corrected chi connectivity index (χ4v) is 4.59. The summed E-state index contributed by atoms with van der Waals surface area (Å²) in [5.74, 6) is 1.41. The number of carbonyl (C=O) groups excluding carboxylic acids is 1. The SMILES string of the molecule is CCS(=O)C1CCCC(NC(=NC)NCc2ccc(C(=O)NC)cc2)C1.I. The number of halogens is 1. The molecule has 0 spiro atoms. The van der Waals surface area contributed by atoms with Gasteiger partial charge in [0.15, 0.2) is 5.96 Å². The summed E-state index contributed by atoms with van der Waals surface area (Å²) >= 11 is 0. The standard InChI is InChI=1S/C19H30N4O2S.HI/c1-4-26(25)17-7-5-6-16(12-17)23-19(21-3)22-13-14-8-10-15(11-9-14)18(24)20-2;/h8-11,16-17H,4-7,12-13H2,1-3H3,(H,20,24)(H2,21,22,23);1H. The molecule has 0 saturated heterocycles. The highest BCUT2D eigenvalue weighted by Crippen LogP contribution is 2.23. The van der Waals surface area contributed by atoms with Gasteiger partial charge in [-0.3, -0.25) is 14.0 Å². The van der Waals surface area contributed by atoms with Crippen molar-refractivity contribution in [2.45, 2.75) is 50.4 Å². The number of hydrogen-bond acceptors (Lipinski definition) is 3. The van der Waals surface area contributed by atoms with E-state index in [0.29, 0.717) is 23.4 Å². The second-order valence-electron chi connectivity index (χ2n) is 6.50. The molecule has 1 saturated carbocycles. The van der Waals surface area contributed by atoms with E-state index < -0.39 is 10.8 Å². The van der Waals surface area contributed by atoms with E-state index in [1.54, 1.807) is 14.1 Å². The summed E-state index contributed by atoms with van der Waals surface area (Å²) in [6.07, 6.45) is 4.18. The second kappa shape index (κ2) is 12.3. The molecule has 1 aliphatic rings. The van der Waals surface area contributed by atoms with E-state index in [2.05, 4.69) is 20.9 Å². The van der Waals surface area contributed by atoms with Gasteiger partial charge in [0.2, 0.25) is 0 Å². The summed E-state index contributed by atoms with van der Waals surface area (Å²) in [6, 6.07) is 7.82. The quantitative estimate of drug-likeness (QED) is 0.315. The Morgan fingerprint density at radius 2 is 1.96 bits per heavy atom. The Labute approximate surface area is 181 Å². The van der Waals surface area contributed by atoms with Gasteiger partial charge in [0, 0.05) is 54.0 Å². The van der Waals surface area contributed by atoms with E-state index in [4.69, 9.17) is 0 Å². The number of nitrogens with zero attached hydrogens (tertiary/aromatic N) is 1. The van der Waals surface area contributed by atoms with Crippen molar-refractivity contribution in [2.24, 2.45) is 4.99 Å². The predicted molar refractivity (Wildman–Crippen MR) is 123 cm³/mol. The Hall–Kier alpha value is -1.16. The fourth-order valence-electron chi connectivity index (χ4n) is 3.24. The molecule has 0 aromatic heterocycles. The van der Waals surface area contributed by atoms with Crippen molar-refractivity contribution in [2.75, 3.05) is 19.8 Å². The summed E-state index contributed by atoms with van der Waals surface area (Å²) in [4.78, 5) is 15.9. The maximum absolute atomic E-state index is 12.1. The van der Waals surface area contributed by atoms with Crippen LogP contribution in [0.5, 0.6) is 0 Å². The average molecular weight is 506 g/mol. The fraction of sp³-hybridized carbons (Fsp3) is 0.579. The molecule has 1 amide bonds. The Morgan fingerprint density at radius 3 is 2.56 bits per heavy atom. The topological polar surface area (TPSA) is 82.6 Å². The zero-order valence-electron chi connectivity index (χ0n) is 16.3. The highest BCUT2D eigenvalue weighted by atomic mass is 127. The number of carbonyl (C=O) groups is 1. The molecular formula is C19H31IN4O2S. The first-order valence-corrected chi connectivity index (χ1v) is 10.6. The van der Waals surface area contributed by atoms with Gasteiger partial charge in [-0.2, -0.15) is 0 Å². The van der Waals surface area contributed by atoms with Gasteiger partial charge < -0.3 is 16.0 Å². The molecule has 1 aliphatic carbocycles. The van der Waals surface area contributed by atoms with Crippen LogP contribution in [0.1, 0.15) is 48.5 Å². The summed E-state index contributed by atoms with van der Waals surface area (Å²) in [5.41, 5.74) is 1.73. The van der Waals surface area contributed by atoms with E-state index in [1.807, 2.05) is 31.2 Å². The molecule has 27 heavy (non-hydrogen) atoms. The van der Waals surface area contributed by atoms with Gasteiger partial charge in [-0.05, 0) is 37.0 Å². The van der Waals surface area contributed by atoms with E-state index >= 15 is 0 Å². The van der Waals surface area contributed by atoms with Gasteiger partial charge in [0.05, 0.1) is 0 Å². The number of rotatable bonds is 6. The molecular weight excluding hydrogens is 475 g/mol. The zero-order valence-corrected chi connectivity index (χ0v) is 19.4. The normalized spacial score (nSPS) is 20.9. The Morgan fingerprint density at radius 1 is 1.26 bits per heavy atom. The molecule has 3 N–H and O–H groups in total. The number of benzene rings is 1. The molecule has 0 aliphatic heterocycles. The minimum absolute atomic E-state index is 0. The molecule has 0 bridgehead atoms. The molecule has 0 radical (unpaired) electrons. The van der Waals surface area contributed by atoms with Gasteiger partial charge in [-0.1, -0.05) is 25.5 Å². The van der Waals surface area contributed by atoms with Crippen LogP contribution in [0.25, 0.3) is 0 Å². The van der Waals surface area contributed by atoms with Crippen LogP contribution in [0.15, 0.2) is 29.3 Å². The highest BCUT2D eigenvalue weighted by molar-refractivity contribution is 14.0. The minimum atomic E-state index is -0.724. The maximum atomic E-state index is 12.1. The minimum Gasteiger partial charge on any atom is -0.355 e.